The molecule has 0 amide bonds. The van der Waals surface area contributed by atoms with Crippen LogP contribution in [-0.4, -0.2) is 6.04 Å². The first kappa shape index (κ1) is 19.0. The van der Waals surface area contributed by atoms with Crippen LogP contribution in [0, 0.1) is 5.41 Å². The van der Waals surface area contributed by atoms with Crippen molar-refractivity contribution in [2.24, 2.45) is 11.1 Å². The van der Waals surface area contributed by atoms with Crippen molar-refractivity contribution in [2.45, 2.75) is 123 Å². The monoisotopic (exact) mass is 295 g/mol. The summed E-state index contributed by atoms with van der Waals surface area (Å²) in [5, 5.41) is 0. The zero-order chi connectivity index (χ0) is 15.4. The summed E-state index contributed by atoms with van der Waals surface area (Å²) in [5.74, 6) is 0. The molecule has 1 heteroatoms. The van der Waals surface area contributed by atoms with E-state index >= 15 is 0 Å². The molecule has 1 nitrogen and oxygen atoms in total. The van der Waals surface area contributed by atoms with Gasteiger partial charge in [0.25, 0.3) is 0 Å². The molecule has 0 aromatic heterocycles. The van der Waals surface area contributed by atoms with E-state index in [2.05, 4.69) is 13.8 Å². The van der Waals surface area contributed by atoms with Crippen molar-refractivity contribution < 1.29 is 0 Å². The Morgan fingerprint density at radius 3 is 1.71 bits per heavy atom. The molecule has 0 aromatic rings. The molecule has 1 aliphatic carbocycles. The van der Waals surface area contributed by atoms with Gasteiger partial charge in [0.15, 0.2) is 0 Å². The SMILES string of the molecule is CCCCCCCCCCCCC(N)C1(CC)CCCC1. The van der Waals surface area contributed by atoms with Crippen LogP contribution in [0.5, 0.6) is 0 Å². The summed E-state index contributed by atoms with van der Waals surface area (Å²) < 4.78 is 0. The molecule has 0 heterocycles. The van der Waals surface area contributed by atoms with Gasteiger partial charge in [-0.1, -0.05) is 90.9 Å². The average molecular weight is 296 g/mol. The second-order valence-electron chi connectivity index (χ2n) is 7.50. The molecular formula is C20H41N. The van der Waals surface area contributed by atoms with E-state index in [1.54, 1.807) is 0 Å². The smallest absolute Gasteiger partial charge is 0.00954 e. The van der Waals surface area contributed by atoms with Crippen LogP contribution in [0.15, 0.2) is 0 Å². The maximum Gasteiger partial charge on any atom is 0.00954 e. The van der Waals surface area contributed by atoms with Crippen molar-refractivity contribution in [3.8, 4) is 0 Å². The minimum atomic E-state index is 0.471. The van der Waals surface area contributed by atoms with Crippen molar-refractivity contribution in [3.63, 3.8) is 0 Å². The van der Waals surface area contributed by atoms with Crippen molar-refractivity contribution in [1.29, 1.82) is 0 Å². The van der Waals surface area contributed by atoms with Crippen molar-refractivity contribution in [1.82, 2.24) is 0 Å². The molecule has 1 rings (SSSR count). The van der Waals surface area contributed by atoms with E-state index in [9.17, 15) is 0 Å². The summed E-state index contributed by atoms with van der Waals surface area (Å²) in [7, 11) is 0. The van der Waals surface area contributed by atoms with E-state index in [1.807, 2.05) is 0 Å². The highest BCUT2D eigenvalue weighted by atomic mass is 14.7. The van der Waals surface area contributed by atoms with Crippen LogP contribution in [-0.2, 0) is 0 Å². The third-order valence-electron chi connectivity index (χ3n) is 5.96. The number of hydrogen-bond donors (Lipinski definition) is 1. The minimum absolute atomic E-state index is 0.471. The summed E-state index contributed by atoms with van der Waals surface area (Å²) in [4.78, 5) is 0. The number of nitrogens with two attached hydrogens (primary N) is 1. The molecule has 0 saturated heterocycles. The summed E-state index contributed by atoms with van der Waals surface area (Å²) in [5.41, 5.74) is 7.05. The van der Waals surface area contributed by atoms with Gasteiger partial charge >= 0.3 is 0 Å². The summed E-state index contributed by atoms with van der Waals surface area (Å²) >= 11 is 0. The van der Waals surface area contributed by atoms with Crippen LogP contribution in [0.2, 0.25) is 0 Å². The van der Waals surface area contributed by atoms with Gasteiger partial charge in [0.05, 0.1) is 0 Å². The van der Waals surface area contributed by atoms with Gasteiger partial charge in [-0.2, -0.15) is 0 Å². The lowest BCUT2D eigenvalue weighted by Crippen LogP contribution is -2.39. The fourth-order valence-electron chi connectivity index (χ4n) is 4.22. The van der Waals surface area contributed by atoms with Gasteiger partial charge in [-0.25, -0.2) is 0 Å². The van der Waals surface area contributed by atoms with Crippen LogP contribution >= 0.6 is 0 Å². The first-order chi connectivity index (χ1) is 10.2. The predicted molar refractivity (Wildman–Crippen MR) is 95.6 cm³/mol. The third-order valence-corrected chi connectivity index (χ3v) is 5.96. The quantitative estimate of drug-likeness (QED) is 0.381. The van der Waals surface area contributed by atoms with Gasteiger partial charge in [-0.3, -0.25) is 0 Å². The molecule has 0 aliphatic heterocycles. The highest BCUT2D eigenvalue weighted by Gasteiger charge is 2.37. The fraction of sp³-hybridized carbons (Fsp3) is 1.00. The number of unbranched alkanes of at least 4 members (excludes halogenated alkanes) is 9. The van der Waals surface area contributed by atoms with E-state index in [0.717, 1.165) is 0 Å². The zero-order valence-corrected chi connectivity index (χ0v) is 15.0. The molecule has 0 bridgehead atoms. The highest BCUT2D eigenvalue weighted by molar-refractivity contribution is 4.91. The first-order valence-corrected chi connectivity index (χ1v) is 10.0. The molecule has 1 unspecified atom stereocenters. The molecule has 0 spiro atoms. The Balaban J connectivity index is 1.94. The summed E-state index contributed by atoms with van der Waals surface area (Å²) in [6.45, 7) is 4.64. The molecule has 1 atom stereocenters. The minimum Gasteiger partial charge on any atom is -0.327 e. The Morgan fingerprint density at radius 1 is 0.762 bits per heavy atom. The van der Waals surface area contributed by atoms with E-state index in [0.29, 0.717) is 11.5 Å². The van der Waals surface area contributed by atoms with Gasteiger partial charge in [-0.05, 0) is 31.1 Å². The highest BCUT2D eigenvalue weighted by Crippen LogP contribution is 2.44. The fourth-order valence-corrected chi connectivity index (χ4v) is 4.22. The average Bonchev–Trinajstić information content (AvgIpc) is 2.99. The molecular weight excluding hydrogens is 254 g/mol. The van der Waals surface area contributed by atoms with Gasteiger partial charge in [0.2, 0.25) is 0 Å². The molecule has 126 valence electrons. The van der Waals surface area contributed by atoms with Crippen LogP contribution in [0.1, 0.15) is 117 Å². The van der Waals surface area contributed by atoms with Gasteiger partial charge < -0.3 is 5.73 Å². The second kappa shape index (κ2) is 11.5. The maximum absolute atomic E-state index is 6.53. The van der Waals surface area contributed by atoms with Gasteiger partial charge in [0, 0.05) is 6.04 Å². The van der Waals surface area contributed by atoms with Gasteiger partial charge in [-0.15, -0.1) is 0 Å². The largest absolute Gasteiger partial charge is 0.327 e. The maximum atomic E-state index is 6.53. The lowest BCUT2D eigenvalue weighted by molar-refractivity contribution is 0.207. The van der Waals surface area contributed by atoms with Crippen LogP contribution in [0.25, 0.3) is 0 Å². The molecule has 1 saturated carbocycles. The van der Waals surface area contributed by atoms with Crippen molar-refractivity contribution in [3.05, 3.63) is 0 Å². The lowest BCUT2D eigenvalue weighted by Gasteiger charge is -2.34. The van der Waals surface area contributed by atoms with Crippen LogP contribution < -0.4 is 5.73 Å². The topological polar surface area (TPSA) is 26.0 Å². The lowest BCUT2D eigenvalue weighted by atomic mass is 9.75. The Hall–Kier alpha value is -0.0400. The molecule has 1 fully saturated rings. The molecule has 2 N–H and O–H groups in total. The first-order valence-electron chi connectivity index (χ1n) is 10.0. The molecule has 1 aliphatic rings. The second-order valence-corrected chi connectivity index (χ2v) is 7.50. The number of hydrogen-bond acceptors (Lipinski definition) is 1. The summed E-state index contributed by atoms with van der Waals surface area (Å²) in [6.07, 6.45) is 22.4. The number of rotatable bonds is 13. The normalized spacial score (nSPS) is 19.0. The van der Waals surface area contributed by atoms with Crippen molar-refractivity contribution in [2.75, 3.05) is 0 Å². The third kappa shape index (κ3) is 7.17. The van der Waals surface area contributed by atoms with Crippen LogP contribution in [0.3, 0.4) is 0 Å². The van der Waals surface area contributed by atoms with E-state index in [1.165, 1.54) is 103 Å². The molecule has 0 radical (unpaired) electrons. The summed E-state index contributed by atoms with van der Waals surface area (Å²) in [6, 6.07) is 0.471. The Labute approximate surface area is 134 Å². The van der Waals surface area contributed by atoms with Crippen molar-refractivity contribution >= 4 is 0 Å². The Bertz CT molecular complexity index is 230. The standard InChI is InChI=1S/C20H41N/c1-3-5-6-7-8-9-10-11-12-13-16-19(21)20(4-2)17-14-15-18-20/h19H,3-18,21H2,1-2H3. The van der Waals surface area contributed by atoms with Gasteiger partial charge in [0.1, 0.15) is 0 Å². The predicted octanol–water partition coefficient (Wildman–Crippen LogP) is 6.60. The zero-order valence-electron chi connectivity index (χ0n) is 15.0. The molecule has 0 aromatic carbocycles. The molecule has 21 heavy (non-hydrogen) atoms. The Morgan fingerprint density at radius 2 is 1.24 bits per heavy atom. The van der Waals surface area contributed by atoms with E-state index in [-0.39, 0.29) is 0 Å². The Kier molecular flexibility index (Phi) is 10.4. The van der Waals surface area contributed by atoms with E-state index in [4.69, 9.17) is 5.73 Å². The van der Waals surface area contributed by atoms with E-state index < -0.39 is 0 Å². The van der Waals surface area contributed by atoms with Crippen LogP contribution in [0.4, 0.5) is 0 Å².